The lowest BCUT2D eigenvalue weighted by Gasteiger charge is -2.12. The Kier molecular flexibility index (Phi) is 3.83. The molecule has 0 fully saturated rings. The Morgan fingerprint density at radius 3 is 2.11 bits per heavy atom. The Bertz CT molecular complexity index is 626. The molecule has 0 bridgehead atoms. The molecule has 0 aliphatic rings. The van der Waals surface area contributed by atoms with Gasteiger partial charge < -0.3 is 11.5 Å². The smallest absolute Gasteiger partial charge is 0.0849 e. The average molecular weight is 322 g/mol. The van der Waals surface area contributed by atoms with Crippen molar-refractivity contribution in [2.75, 3.05) is 11.5 Å². The van der Waals surface area contributed by atoms with E-state index in [-0.39, 0.29) is 10.7 Å². The molecule has 2 aromatic rings. The van der Waals surface area contributed by atoms with E-state index in [0.29, 0.717) is 31.9 Å². The normalized spacial score (nSPS) is 10.7. The second kappa shape index (κ2) is 5.06. The second-order valence-corrected chi connectivity index (χ2v) is 5.20. The average Bonchev–Trinajstić information content (AvgIpc) is 2.35. The van der Waals surface area contributed by atoms with E-state index >= 15 is 0 Å². The molecule has 0 aromatic heterocycles. The molecule has 4 N–H and O–H groups in total. The van der Waals surface area contributed by atoms with Crippen molar-refractivity contribution in [2.24, 2.45) is 0 Å². The van der Waals surface area contributed by atoms with Crippen LogP contribution in [0.4, 0.5) is 11.4 Å². The molecule has 0 saturated carbocycles. The maximum absolute atomic E-state index is 6.16. The molecule has 2 aromatic carbocycles. The van der Waals surface area contributed by atoms with E-state index in [2.05, 4.69) is 0 Å². The van der Waals surface area contributed by atoms with Crippen molar-refractivity contribution < 1.29 is 0 Å². The third-order valence-electron chi connectivity index (χ3n) is 2.52. The molecule has 0 atom stereocenters. The molecule has 0 saturated heterocycles. The second-order valence-electron chi connectivity index (χ2n) is 3.66. The number of nitrogen functional groups attached to an aromatic ring is 2. The third-order valence-corrected chi connectivity index (χ3v) is 4.22. The number of benzene rings is 2. The highest BCUT2D eigenvalue weighted by Gasteiger charge is 2.16. The van der Waals surface area contributed by atoms with Gasteiger partial charge in [-0.3, -0.25) is 0 Å². The SMILES string of the molecule is Nc1cc(-c2cccc(Cl)c2Cl)c(Cl)c(Cl)c1N. The van der Waals surface area contributed by atoms with Crippen LogP contribution in [0.5, 0.6) is 0 Å². The highest BCUT2D eigenvalue weighted by atomic mass is 35.5. The molecule has 0 aliphatic heterocycles. The van der Waals surface area contributed by atoms with E-state index in [4.69, 9.17) is 57.9 Å². The van der Waals surface area contributed by atoms with Crippen LogP contribution in [0.3, 0.4) is 0 Å². The van der Waals surface area contributed by atoms with Crippen molar-refractivity contribution in [2.45, 2.75) is 0 Å². The first-order chi connectivity index (χ1) is 8.43. The van der Waals surface area contributed by atoms with E-state index in [1.807, 2.05) is 0 Å². The van der Waals surface area contributed by atoms with Gasteiger partial charge in [-0.2, -0.15) is 0 Å². The van der Waals surface area contributed by atoms with E-state index in [9.17, 15) is 0 Å². The highest BCUT2D eigenvalue weighted by Crippen LogP contribution is 2.43. The molecular formula is C12H8Cl4N2. The van der Waals surface area contributed by atoms with Gasteiger partial charge in [0.25, 0.3) is 0 Å². The highest BCUT2D eigenvalue weighted by molar-refractivity contribution is 6.47. The number of rotatable bonds is 1. The van der Waals surface area contributed by atoms with Gasteiger partial charge in [0.1, 0.15) is 0 Å². The molecule has 2 rings (SSSR count). The molecule has 6 heteroatoms. The van der Waals surface area contributed by atoms with Crippen molar-refractivity contribution in [1.82, 2.24) is 0 Å². The van der Waals surface area contributed by atoms with E-state index in [1.54, 1.807) is 24.3 Å². The fourth-order valence-electron chi connectivity index (χ4n) is 1.57. The summed E-state index contributed by atoms with van der Waals surface area (Å²) in [5, 5.41) is 1.33. The Morgan fingerprint density at radius 2 is 1.44 bits per heavy atom. The lowest BCUT2D eigenvalue weighted by Crippen LogP contribution is -1.97. The van der Waals surface area contributed by atoms with Crippen molar-refractivity contribution in [3.8, 4) is 11.1 Å². The van der Waals surface area contributed by atoms with Crippen LogP contribution < -0.4 is 11.5 Å². The van der Waals surface area contributed by atoms with Gasteiger partial charge in [-0.1, -0.05) is 58.5 Å². The summed E-state index contributed by atoms with van der Waals surface area (Å²) >= 11 is 24.3. The molecular weight excluding hydrogens is 314 g/mol. The fraction of sp³-hybridized carbons (Fsp3) is 0. The van der Waals surface area contributed by atoms with Gasteiger partial charge in [-0.25, -0.2) is 0 Å². The minimum Gasteiger partial charge on any atom is -0.397 e. The zero-order valence-corrected chi connectivity index (χ0v) is 12.0. The molecule has 94 valence electrons. The molecule has 18 heavy (non-hydrogen) atoms. The lowest BCUT2D eigenvalue weighted by atomic mass is 10.0. The molecule has 2 nitrogen and oxygen atoms in total. The monoisotopic (exact) mass is 320 g/mol. The van der Waals surface area contributed by atoms with Crippen LogP contribution >= 0.6 is 46.4 Å². The number of halogens is 4. The van der Waals surface area contributed by atoms with Gasteiger partial charge >= 0.3 is 0 Å². The maximum Gasteiger partial charge on any atom is 0.0849 e. The topological polar surface area (TPSA) is 52.0 Å². The molecule has 0 spiro atoms. The van der Waals surface area contributed by atoms with Crippen molar-refractivity contribution >= 4 is 57.8 Å². The van der Waals surface area contributed by atoms with Crippen molar-refractivity contribution in [1.29, 1.82) is 0 Å². The Balaban J connectivity index is 2.76. The Hall–Kier alpha value is -0.800. The van der Waals surface area contributed by atoms with Gasteiger partial charge in [0.05, 0.1) is 31.5 Å². The number of nitrogens with two attached hydrogens (primary N) is 2. The third kappa shape index (κ3) is 2.21. The van der Waals surface area contributed by atoms with Gasteiger partial charge in [-0.05, 0) is 12.1 Å². The number of hydrogen-bond donors (Lipinski definition) is 2. The standard InChI is InChI=1S/C12H8Cl4N2/c13-7-3-1-2-5(9(7)14)6-4-8(17)12(18)11(16)10(6)15/h1-4H,17-18H2. The first-order valence-corrected chi connectivity index (χ1v) is 6.42. The van der Waals surface area contributed by atoms with E-state index in [1.165, 1.54) is 0 Å². The number of anilines is 2. The van der Waals surface area contributed by atoms with Crippen molar-refractivity contribution in [3.05, 3.63) is 44.4 Å². The summed E-state index contributed by atoms with van der Waals surface area (Å²) in [4.78, 5) is 0. The zero-order valence-electron chi connectivity index (χ0n) is 8.98. The minimum atomic E-state index is 0.211. The molecule has 0 aliphatic carbocycles. The van der Waals surface area contributed by atoms with Crippen LogP contribution in [0.15, 0.2) is 24.3 Å². The quantitative estimate of drug-likeness (QED) is 0.715. The van der Waals surface area contributed by atoms with Crippen LogP contribution in [0, 0.1) is 0 Å². The number of hydrogen-bond acceptors (Lipinski definition) is 2. The van der Waals surface area contributed by atoms with Crippen LogP contribution in [0.2, 0.25) is 20.1 Å². The predicted octanol–water partition coefficient (Wildman–Crippen LogP) is 5.13. The largest absolute Gasteiger partial charge is 0.397 e. The summed E-state index contributed by atoms with van der Waals surface area (Å²) in [5.74, 6) is 0. The van der Waals surface area contributed by atoms with Gasteiger partial charge in [-0.15, -0.1) is 0 Å². The lowest BCUT2D eigenvalue weighted by molar-refractivity contribution is 1.60. The van der Waals surface area contributed by atoms with E-state index < -0.39 is 0 Å². The predicted molar refractivity (Wildman–Crippen MR) is 80.7 cm³/mol. The molecule has 0 heterocycles. The Labute approximate surface area is 124 Å². The maximum atomic E-state index is 6.16. The summed E-state index contributed by atoms with van der Waals surface area (Å²) in [6, 6.07) is 6.85. The summed E-state index contributed by atoms with van der Waals surface area (Å²) in [6.07, 6.45) is 0. The molecule has 0 amide bonds. The van der Waals surface area contributed by atoms with Crippen LogP contribution in [0.25, 0.3) is 11.1 Å². The van der Waals surface area contributed by atoms with Gasteiger partial charge in [0.15, 0.2) is 0 Å². The fourth-order valence-corrected chi connectivity index (χ4v) is 2.44. The van der Waals surface area contributed by atoms with Gasteiger partial charge in [0.2, 0.25) is 0 Å². The Morgan fingerprint density at radius 1 is 0.778 bits per heavy atom. The summed E-state index contributed by atoms with van der Waals surface area (Å²) in [5.41, 5.74) is 13.3. The summed E-state index contributed by atoms with van der Waals surface area (Å²) < 4.78 is 0. The van der Waals surface area contributed by atoms with Crippen LogP contribution in [-0.4, -0.2) is 0 Å². The molecule has 0 radical (unpaired) electrons. The zero-order chi connectivity index (χ0) is 13.4. The van der Waals surface area contributed by atoms with Crippen LogP contribution in [-0.2, 0) is 0 Å². The summed E-state index contributed by atoms with van der Waals surface area (Å²) in [7, 11) is 0. The molecule has 0 unspecified atom stereocenters. The van der Waals surface area contributed by atoms with Crippen molar-refractivity contribution in [3.63, 3.8) is 0 Å². The first-order valence-electron chi connectivity index (χ1n) is 4.90. The van der Waals surface area contributed by atoms with E-state index in [0.717, 1.165) is 0 Å². The summed E-state index contributed by atoms with van der Waals surface area (Å²) in [6.45, 7) is 0. The van der Waals surface area contributed by atoms with Crippen LogP contribution in [0.1, 0.15) is 0 Å². The minimum absolute atomic E-state index is 0.211. The van der Waals surface area contributed by atoms with Gasteiger partial charge in [0, 0.05) is 11.1 Å². The first kappa shape index (κ1) is 13.6.